The minimum atomic E-state index is -1.06. The number of aromatic hydroxyl groups is 1. The molecular formula is C20H21N5O6S. The van der Waals surface area contributed by atoms with Crippen molar-refractivity contribution in [3.63, 3.8) is 0 Å². The Morgan fingerprint density at radius 1 is 1.44 bits per heavy atom. The number of piperazine rings is 1. The van der Waals surface area contributed by atoms with Crippen molar-refractivity contribution in [3.8, 4) is 5.75 Å². The number of hydrogen-bond acceptors (Lipinski definition) is 11. The molecule has 6 N–H and O–H groups in total. The molecule has 5 rings (SSSR count). The Hall–Kier alpha value is -3.09. The summed E-state index contributed by atoms with van der Waals surface area (Å²) in [5.74, 6) is -1.59. The zero-order chi connectivity index (χ0) is 22.8. The van der Waals surface area contributed by atoms with Crippen molar-refractivity contribution in [2.45, 2.75) is 22.8 Å². The number of nitrogens with two attached hydrogens (primary N) is 2. The number of methoxy groups -OCH3 is 1. The smallest absolute Gasteiger partial charge is 0.404 e. The predicted octanol–water partition coefficient (Wildman–Crippen LogP) is -0.778. The van der Waals surface area contributed by atoms with Crippen LogP contribution < -0.4 is 16.8 Å². The molecule has 12 heteroatoms. The molecule has 2 saturated heterocycles. The number of rotatable bonds is 6. The summed E-state index contributed by atoms with van der Waals surface area (Å²) in [7, 11) is 1.50. The summed E-state index contributed by atoms with van der Waals surface area (Å²) >= 11 is 1.11. The molecule has 0 spiro atoms. The van der Waals surface area contributed by atoms with Gasteiger partial charge in [-0.2, -0.15) is 0 Å². The third-order valence-electron chi connectivity index (χ3n) is 6.43. The number of carbonyl (C=O) groups is 3. The number of ketones is 2. The lowest BCUT2D eigenvalue weighted by Gasteiger charge is -2.39. The quantitative estimate of drug-likeness (QED) is 0.238. The van der Waals surface area contributed by atoms with Gasteiger partial charge in [-0.3, -0.25) is 9.59 Å². The number of hydrogen-bond donors (Lipinski definition) is 4. The SMILES string of the molecule is CO[C@@]12[C@H](COC(N)=O)C3=C(C(=O)C(CSc4ncccc4O)=C(N)C3=O)N1C[C@@H]1N[C@@H]12. The molecule has 4 atom stereocenters. The first-order chi connectivity index (χ1) is 15.3. The number of ether oxygens (including phenoxy) is 2. The monoisotopic (exact) mass is 459 g/mol. The highest BCUT2D eigenvalue weighted by molar-refractivity contribution is 7.99. The molecule has 0 bridgehead atoms. The van der Waals surface area contributed by atoms with Crippen LogP contribution in [0.3, 0.4) is 0 Å². The van der Waals surface area contributed by atoms with Crippen molar-refractivity contribution < 1.29 is 29.0 Å². The number of primary amides is 1. The van der Waals surface area contributed by atoms with Crippen LogP contribution in [0.15, 0.2) is 45.9 Å². The van der Waals surface area contributed by atoms with Gasteiger partial charge in [-0.25, -0.2) is 9.78 Å². The number of aromatic nitrogens is 1. The van der Waals surface area contributed by atoms with Crippen molar-refractivity contribution in [1.29, 1.82) is 0 Å². The van der Waals surface area contributed by atoms with Crippen molar-refractivity contribution >= 4 is 29.4 Å². The van der Waals surface area contributed by atoms with Crippen LogP contribution in [0.25, 0.3) is 0 Å². The van der Waals surface area contributed by atoms with Crippen molar-refractivity contribution in [2.75, 3.05) is 26.0 Å². The Morgan fingerprint density at radius 2 is 2.22 bits per heavy atom. The number of nitrogens with zero attached hydrogens (tertiary/aromatic N) is 2. The highest BCUT2D eigenvalue weighted by atomic mass is 32.2. The third kappa shape index (κ3) is 2.76. The summed E-state index contributed by atoms with van der Waals surface area (Å²) in [6.45, 7) is 0.242. The zero-order valence-electron chi connectivity index (χ0n) is 17.0. The van der Waals surface area contributed by atoms with E-state index in [1.54, 1.807) is 11.0 Å². The zero-order valence-corrected chi connectivity index (χ0v) is 17.8. The fourth-order valence-corrected chi connectivity index (χ4v) is 5.94. The van der Waals surface area contributed by atoms with Gasteiger partial charge in [-0.15, -0.1) is 0 Å². The average molecular weight is 459 g/mol. The number of allylic oxidation sites excluding steroid dienone is 2. The van der Waals surface area contributed by atoms with E-state index in [9.17, 15) is 19.5 Å². The molecule has 1 aromatic heterocycles. The first-order valence-electron chi connectivity index (χ1n) is 9.91. The molecule has 168 valence electrons. The lowest BCUT2D eigenvalue weighted by molar-refractivity contribution is -0.137. The summed E-state index contributed by atoms with van der Waals surface area (Å²) in [5, 5.41) is 13.6. The van der Waals surface area contributed by atoms with Gasteiger partial charge >= 0.3 is 6.09 Å². The molecular weight excluding hydrogens is 438 g/mol. The minimum absolute atomic E-state index is 0.0280. The van der Waals surface area contributed by atoms with E-state index in [-0.39, 0.29) is 58.5 Å². The van der Waals surface area contributed by atoms with E-state index < -0.39 is 23.5 Å². The second-order valence-electron chi connectivity index (χ2n) is 7.93. The van der Waals surface area contributed by atoms with E-state index in [0.29, 0.717) is 11.6 Å². The Kier molecular flexibility index (Phi) is 4.69. The molecule has 0 aromatic carbocycles. The van der Waals surface area contributed by atoms with Crippen LogP contribution in [0.2, 0.25) is 0 Å². The maximum absolute atomic E-state index is 13.6. The number of thioether (sulfide) groups is 1. The number of nitrogens with one attached hydrogen (secondary N) is 1. The molecule has 0 saturated carbocycles. The summed E-state index contributed by atoms with van der Waals surface area (Å²) in [6, 6.07) is 3.03. The molecule has 32 heavy (non-hydrogen) atoms. The predicted molar refractivity (Wildman–Crippen MR) is 111 cm³/mol. The molecule has 4 heterocycles. The number of fused-ring (bicyclic) bond motifs is 4. The molecule has 1 aliphatic carbocycles. The third-order valence-corrected chi connectivity index (χ3v) is 7.45. The summed E-state index contributed by atoms with van der Waals surface area (Å²) in [4.78, 5) is 44.1. The van der Waals surface area contributed by atoms with Crippen LogP contribution >= 0.6 is 11.8 Å². The minimum Gasteiger partial charge on any atom is -0.505 e. The summed E-state index contributed by atoms with van der Waals surface area (Å²) in [5.41, 5.74) is 10.6. The van der Waals surface area contributed by atoms with Crippen LogP contribution in [-0.2, 0) is 19.1 Å². The number of carbonyl (C=O) groups excluding carboxylic acids is 3. The van der Waals surface area contributed by atoms with Gasteiger partial charge in [-0.1, -0.05) is 11.8 Å². The van der Waals surface area contributed by atoms with Crippen molar-refractivity contribution in [1.82, 2.24) is 15.2 Å². The second kappa shape index (κ2) is 7.22. The van der Waals surface area contributed by atoms with E-state index in [1.165, 1.54) is 19.4 Å². The largest absolute Gasteiger partial charge is 0.505 e. The fourth-order valence-electron chi connectivity index (χ4n) is 5.02. The maximum Gasteiger partial charge on any atom is 0.404 e. The lowest BCUT2D eigenvalue weighted by atomic mass is 9.82. The van der Waals surface area contributed by atoms with Crippen LogP contribution in [0, 0.1) is 5.92 Å². The highest BCUT2D eigenvalue weighted by Gasteiger charge is 2.72. The number of pyridine rings is 1. The van der Waals surface area contributed by atoms with Gasteiger partial charge in [0.2, 0.25) is 11.6 Å². The standard InChI is InChI=1S/C20H21N5O6S/c1-30-20-9(6-31-19(22)29)12-14(25(20)5-10-17(20)24-10)15(27)8(13(21)16(12)28)7-32-18-11(26)3-2-4-23-18/h2-4,9-10,17,24,26H,5-7,21H2,1H3,(H2,22,29)/t9-,10+,17+,20-/m1/s1. The lowest BCUT2D eigenvalue weighted by Crippen LogP contribution is -2.55. The molecule has 11 nitrogen and oxygen atoms in total. The van der Waals surface area contributed by atoms with Gasteiger partial charge in [0, 0.05) is 42.8 Å². The van der Waals surface area contributed by atoms with Crippen molar-refractivity contribution in [3.05, 3.63) is 40.9 Å². The van der Waals surface area contributed by atoms with Gasteiger partial charge in [0.25, 0.3) is 0 Å². The van der Waals surface area contributed by atoms with Gasteiger partial charge in [0.05, 0.1) is 23.4 Å². The summed E-state index contributed by atoms with van der Waals surface area (Å²) in [6.07, 6.45) is 0.533. The number of amides is 1. The topological polar surface area (TPSA) is 180 Å². The summed E-state index contributed by atoms with van der Waals surface area (Å²) < 4.78 is 11.0. The van der Waals surface area contributed by atoms with Crippen molar-refractivity contribution in [2.24, 2.45) is 17.4 Å². The molecule has 1 amide bonds. The first kappa shape index (κ1) is 20.8. The van der Waals surface area contributed by atoms with Gasteiger partial charge < -0.3 is 36.3 Å². The molecule has 4 aliphatic rings. The Morgan fingerprint density at radius 3 is 2.91 bits per heavy atom. The number of Topliss-reactive ketones (excluding diaryl/α,β-unsaturated/α-hetero) is 2. The van der Waals surface area contributed by atoms with E-state index >= 15 is 0 Å². The van der Waals surface area contributed by atoms with Crippen LogP contribution in [0.1, 0.15) is 0 Å². The van der Waals surface area contributed by atoms with Crippen LogP contribution in [0.4, 0.5) is 4.79 Å². The highest BCUT2D eigenvalue weighted by Crippen LogP contribution is 2.55. The normalized spacial score (nSPS) is 30.4. The van der Waals surface area contributed by atoms with E-state index in [0.717, 1.165) is 11.8 Å². The maximum atomic E-state index is 13.6. The van der Waals surface area contributed by atoms with Crippen LogP contribution in [-0.4, -0.2) is 76.5 Å². The Bertz CT molecular complexity index is 1120. The molecule has 0 radical (unpaired) electrons. The molecule has 1 aromatic rings. The molecule has 0 unspecified atom stereocenters. The van der Waals surface area contributed by atoms with Gasteiger partial charge in [0.15, 0.2) is 5.72 Å². The molecule has 3 aliphatic heterocycles. The van der Waals surface area contributed by atoms with E-state index in [1.807, 2.05) is 0 Å². The van der Waals surface area contributed by atoms with Gasteiger partial charge in [0.1, 0.15) is 17.4 Å². The van der Waals surface area contributed by atoms with E-state index in [4.69, 9.17) is 20.9 Å². The van der Waals surface area contributed by atoms with E-state index in [2.05, 4.69) is 10.3 Å². The van der Waals surface area contributed by atoms with Gasteiger partial charge in [-0.05, 0) is 12.1 Å². The first-order valence-corrected chi connectivity index (χ1v) is 10.9. The second-order valence-corrected chi connectivity index (χ2v) is 8.89. The Labute approximate surface area is 186 Å². The van der Waals surface area contributed by atoms with Crippen LogP contribution in [0.5, 0.6) is 5.75 Å². The molecule has 2 fully saturated rings. The Balaban J connectivity index is 1.51. The fraction of sp³-hybridized carbons (Fsp3) is 0.400. The average Bonchev–Trinajstić information content (AvgIpc) is 3.38.